The zero-order valence-electron chi connectivity index (χ0n) is 14.7. The molecule has 0 fully saturated rings. The van der Waals surface area contributed by atoms with Crippen LogP contribution in [0.5, 0.6) is 0 Å². The van der Waals surface area contributed by atoms with E-state index in [9.17, 15) is 4.79 Å². The van der Waals surface area contributed by atoms with Gasteiger partial charge in [0.25, 0.3) is 5.91 Å². The Labute approximate surface area is 143 Å². The highest BCUT2D eigenvalue weighted by Crippen LogP contribution is 2.19. The quantitative estimate of drug-likeness (QED) is 0.632. The van der Waals surface area contributed by atoms with E-state index in [2.05, 4.69) is 36.5 Å². The first kappa shape index (κ1) is 17.7. The summed E-state index contributed by atoms with van der Waals surface area (Å²) in [5.74, 6) is 0.278. The molecule has 0 heterocycles. The molecule has 0 saturated heterocycles. The zero-order valence-corrected chi connectivity index (χ0v) is 14.7. The predicted octanol–water partition coefficient (Wildman–Crippen LogP) is 4.42. The van der Waals surface area contributed by atoms with E-state index in [-0.39, 0.29) is 12.5 Å². The van der Waals surface area contributed by atoms with Crippen molar-refractivity contribution in [2.45, 2.75) is 33.6 Å². The van der Waals surface area contributed by atoms with Gasteiger partial charge >= 0.3 is 0 Å². The van der Waals surface area contributed by atoms with Crippen LogP contribution in [0, 0.1) is 13.8 Å². The van der Waals surface area contributed by atoms with Crippen LogP contribution in [0.25, 0.3) is 0 Å². The van der Waals surface area contributed by atoms with Crippen molar-refractivity contribution in [3.63, 3.8) is 0 Å². The van der Waals surface area contributed by atoms with Crippen LogP contribution < -0.4 is 5.32 Å². The maximum atomic E-state index is 11.9. The molecule has 0 spiro atoms. The molecule has 0 atom stereocenters. The highest BCUT2D eigenvalue weighted by Gasteiger charge is 2.07. The second-order valence-corrected chi connectivity index (χ2v) is 6.14. The fourth-order valence-electron chi connectivity index (χ4n) is 2.35. The molecule has 0 aromatic heterocycles. The Morgan fingerprint density at radius 1 is 1.12 bits per heavy atom. The maximum Gasteiger partial charge on any atom is 0.265 e. The SMILES string of the molecule is Cc1cccc(C)c1NC(=O)CO/N=C/c1ccc(C(C)C)cc1. The first-order chi connectivity index (χ1) is 11.5. The number of benzene rings is 2. The molecule has 0 bridgehead atoms. The summed E-state index contributed by atoms with van der Waals surface area (Å²) in [6.45, 7) is 8.11. The highest BCUT2D eigenvalue weighted by molar-refractivity contribution is 5.93. The normalized spacial score (nSPS) is 11.0. The van der Waals surface area contributed by atoms with Crippen LogP contribution >= 0.6 is 0 Å². The molecular weight excluding hydrogens is 300 g/mol. The molecular formula is C20H24N2O2. The molecule has 126 valence electrons. The number of hydrogen-bond donors (Lipinski definition) is 1. The van der Waals surface area contributed by atoms with Crippen LogP contribution in [0.4, 0.5) is 5.69 Å². The molecule has 0 aliphatic heterocycles. The van der Waals surface area contributed by atoms with E-state index < -0.39 is 0 Å². The minimum absolute atomic E-state index is 0.117. The molecule has 2 aromatic carbocycles. The van der Waals surface area contributed by atoms with Crippen molar-refractivity contribution in [1.82, 2.24) is 0 Å². The van der Waals surface area contributed by atoms with Crippen molar-refractivity contribution in [3.8, 4) is 0 Å². The molecule has 1 amide bonds. The number of oxime groups is 1. The largest absolute Gasteiger partial charge is 0.386 e. The average Bonchev–Trinajstić information content (AvgIpc) is 2.55. The van der Waals surface area contributed by atoms with Gasteiger partial charge in [-0.15, -0.1) is 0 Å². The standard InChI is InChI=1S/C20H24N2O2/c1-14(2)18-10-8-17(9-11-18)12-21-24-13-19(23)22-20-15(3)6-5-7-16(20)4/h5-12,14H,13H2,1-4H3,(H,22,23)/b21-12+. The van der Waals surface area contributed by atoms with Gasteiger partial charge in [-0.1, -0.05) is 61.5 Å². The lowest BCUT2D eigenvalue weighted by molar-refractivity contribution is -0.120. The molecule has 0 radical (unpaired) electrons. The zero-order chi connectivity index (χ0) is 17.5. The Bertz CT molecular complexity index is 699. The Morgan fingerprint density at radius 3 is 2.33 bits per heavy atom. The molecule has 0 saturated carbocycles. The van der Waals surface area contributed by atoms with Gasteiger partial charge in [0.05, 0.1) is 6.21 Å². The summed E-state index contributed by atoms with van der Waals surface area (Å²) in [5, 5.41) is 6.72. The fourth-order valence-corrected chi connectivity index (χ4v) is 2.35. The number of anilines is 1. The minimum Gasteiger partial charge on any atom is -0.386 e. The Kier molecular flexibility index (Phi) is 6.13. The number of para-hydroxylation sites is 1. The van der Waals surface area contributed by atoms with E-state index in [1.807, 2.05) is 44.2 Å². The molecule has 24 heavy (non-hydrogen) atoms. The van der Waals surface area contributed by atoms with Gasteiger partial charge in [-0.25, -0.2) is 0 Å². The molecule has 2 rings (SSSR count). The number of carbonyl (C=O) groups excluding carboxylic acids is 1. The van der Waals surface area contributed by atoms with Crippen molar-refractivity contribution in [1.29, 1.82) is 0 Å². The lowest BCUT2D eigenvalue weighted by Crippen LogP contribution is -2.18. The van der Waals surface area contributed by atoms with Crippen LogP contribution in [0.1, 0.15) is 42.0 Å². The van der Waals surface area contributed by atoms with Crippen LogP contribution in [0.3, 0.4) is 0 Å². The number of hydrogen-bond acceptors (Lipinski definition) is 3. The molecule has 0 aliphatic carbocycles. The fraction of sp³-hybridized carbons (Fsp3) is 0.300. The third kappa shape index (κ3) is 4.95. The summed E-state index contributed by atoms with van der Waals surface area (Å²) in [5.41, 5.74) is 5.10. The molecule has 1 N–H and O–H groups in total. The van der Waals surface area contributed by atoms with E-state index >= 15 is 0 Å². The number of amides is 1. The van der Waals surface area contributed by atoms with E-state index in [0.717, 1.165) is 22.4 Å². The van der Waals surface area contributed by atoms with Crippen molar-refractivity contribution < 1.29 is 9.63 Å². The summed E-state index contributed by atoms with van der Waals surface area (Å²) >= 11 is 0. The second-order valence-electron chi connectivity index (χ2n) is 6.14. The molecule has 2 aromatic rings. The van der Waals surface area contributed by atoms with Crippen molar-refractivity contribution in [2.24, 2.45) is 5.16 Å². The molecule has 4 heteroatoms. The van der Waals surface area contributed by atoms with E-state index in [1.54, 1.807) is 6.21 Å². The number of rotatable bonds is 6. The Balaban J connectivity index is 1.84. The van der Waals surface area contributed by atoms with Crippen molar-refractivity contribution in [2.75, 3.05) is 11.9 Å². The summed E-state index contributed by atoms with van der Waals surface area (Å²) in [6, 6.07) is 14.0. The van der Waals surface area contributed by atoms with E-state index in [4.69, 9.17) is 4.84 Å². The third-order valence-electron chi connectivity index (χ3n) is 3.82. The lowest BCUT2D eigenvalue weighted by Gasteiger charge is -2.10. The number of nitrogens with zero attached hydrogens (tertiary/aromatic N) is 1. The molecule has 0 aliphatic rings. The third-order valence-corrected chi connectivity index (χ3v) is 3.82. The lowest BCUT2D eigenvalue weighted by atomic mass is 10.0. The van der Waals surface area contributed by atoms with Gasteiger partial charge < -0.3 is 10.2 Å². The summed E-state index contributed by atoms with van der Waals surface area (Å²) < 4.78 is 0. The monoisotopic (exact) mass is 324 g/mol. The first-order valence-corrected chi connectivity index (χ1v) is 8.08. The second kappa shape index (κ2) is 8.29. The van der Waals surface area contributed by atoms with Gasteiger partial charge in [0.1, 0.15) is 0 Å². The maximum absolute atomic E-state index is 11.9. The van der Waals surface area contributed by atoms with E-state index in [0.29, 0.717) is 5.92 Å². The smallest absolute Gasteiger partial charge is 0.265 e. The van der Waals surface area contributed by atoms with Gasteiger partial charge in [-0.3, -0.25) is 4.79 Å². The van der Waals surface area contributed by atoms with Gasteiger partial charge in [0.15, 0.2) is 6.61 Å². The van der Waals surface area contributed by atoms with Gasteiger partial charge in [-0.05, 0) is 42.0 Å². The van der Waals surface area contributed by atoms with Crippen LogP contribution in [0.2, 0.25) is 0 Å². The number of carbonyl (C=O) groups is 1. The van der Waals surface area contributed by atoms with Gasteiger partial charge in [-0.2, -0.15) is 0 Å². The van der Waals surface area contributed by atoms with Crippen molar-refractivity contribution in [3.05, 3.63) is 64.7 Å². The van der Waals surface area contributed by atoms with E-state index in [1.165, 1.54) is 5.56 Å². The first-order valence-electron chi connectivity index (χ1n) is 8.08. The molecule has 4 nitrogen and oxygen atoms in total. The van der Waals surface area contributed by atoms with Crippen LogP contribution in [-0.4, -0.2) is 18.7 Å². The molecule has 0 unspecified atom stereocenters. The van der Waals surface area contributed by atoms with Gasteiger partial charge in [0.2, 0.25) is 0 Å². The van der Waals surface area contributed by atoms with Gasteiger partial charge in [0, 0.05) is 5.69 Å². The average molecular weight is 324 g/mol. The van der Waals surface area contributed by atoms with Crippen molar-refractivity contribution >= 4 is 17.8 Å². The summed E-state index contributed by atoms with van der Waals surface area (Å²) in [4.78, 5) is 17.0. The summed E-state index contributed by atoms with van der Waals surface area (Å²) in [7, 11) is 0. The summed E-state index contributed by atoms with van der Waals surface area (Å²) in [6.07, 6.45) is 1.61. The minimum atomic E-state index is -0.222. The Morgan fingerprint density at radius 2 is 1.75 bits per heavy atom. The highest BCUT2D eigenvalue weighted by atomic mass is 16.6. The topological polar surface area (TPSA) is 50.7 Å². The predicted molar refractivity (Wildman–Crippen MR) is 98.6 cm³/mol. The Hall–Kier alpha value is -2.62. The van der Waals surface area contributed by atoms with Crippen LogP contribution in [-0.2, 0) is 9.63 Å². The number of aryl methyl sites for hydroxylation is 2. The number of nitrogens with one attached hydrogen (secondary N) is 1. The van der Waals surface area contributed by atoms with Crippen LogP contribution in [0.15, 0.2) is 47.6 Å².